The highest BCUT2D eigenvalue weighted by Gasteiger charge is 2.27. The Kier molecular flexibility index (Phi) is 39.6. The van der Waals surface area contributed by atoms with Crippen molar-refractivity contribution in [1.82, 2.24) is 0 Å². The van der Waals surface area contributed by atoms with Crippen molar-refractivity contribution in [1.29, 1.82) is 0 Å². The SMILES string of the molecule is CCCCC/C=C\CCCCCCCCOCC(COP(=O)(O)OCC(N)C(=O)O)OC(=O)CCCCCCCC/C=C\C/C=C\C/C=C\CCCCCCC. The number of rotatable bonds is 42. The minimum Gasteiger partial charge on any atom is -0.480 e. The van der Waals surface area contributed by atoms with Gasteiger partial charge in [-0.3, -0.25) is 18.6 Å². The second-order valence-corrected chi connectivity index (χ2v) is 16.3. The van der Waals surface area contributed by atoms with Crippen LogP contribution in [0.15, 0.2) is 48.6 Å². The summed E-state index contributed by atoms with van der Waals surface area (Å²) in [5, 5.41) is 8.89. The minimum absolute atomic E-state index is 0.00631. The molecule has 0 aliphatic heterocycles. The summed E-state index contributed by atoms with van der Waals surface area (Å²) >= 11 is 0. The Hall–Kier alpha value is -2.07. The maximum atomic E-state index is 12.6. The molecule has 0 spiro atoms. The van der Waals surface area contributed by atoms with Crippen molar-refractivity contribution in [2.45, 2.75) is 199 Å². The number of esters is 1. The summed E-state index contributed by atoms with van der Waals surface area (Å²) in [7, 11) is -4.62. The van der Waals surface area contributed by atoms with Gasteiger partial charge in [-0.15, -0.1) is 0 Å². The van der Waals surface area contributed by atoms with E-state index in [9.17, 15) is 19.0 Å². The molecule has 3 unspecified atom stereocenters. The van der Waals surface area contributed by atoms with E-state index in [0.29, 0.717) is 13.0 Å². The number of carboxylic acid groups (broad SMARTS) is 1. The molecule has 0 fully saturated rings. The van der Waals surface area contributed by atoms with Crippen LogP contribution in [0.4, 0.5) is 0 Å². The van der Waals surface area contributed by atoms with Crippen LogP contribution in [-0.4, -0.2) is 60.5 Å². The number of hydrogen-bond acceptors (Lipinski definition) is 8. The molecule has 326 valence electrons. The van der Waals surface area contributed by atoms with Crippen LogP contribution in [0.3, 0.4) is 0 Å². The van der Waals surface area contributed by atoms with Crippen LogP contribution in [0.25, 0.3) is 0 Å². The number of carboxylic acids is 1. The van der Waals surface area contributed by atoms with E-state index in [-0.39, 0.29) is 13.0 Å². The van der Waals surface area contributed by atoms with E-state index >= 15 is 0 Å². The number of carbonyl (C=O) groups excluding carboxylic acids is 1. The molecule has 0 aliphatic carbocycles. The van der Waals surface area contributed by atoms with Crippen molar-refractivity contribution in [3.05, 3.63) is 48.6 Å². The Labute approximate surface area is 341 Å². The van der Waals surface area contributed by atoms with Gasteiger partial charge in [0.05, 0.1) is 19.8 Å². The van der Waals surface area contributed by atoms with E-state index < -0.39 is 45.1 Å². The van der Waals surface area contributed by atoms with Crippen LogP contribution in [0.5, 0.6) is 0 Å². The summed E-state index contributed by atoms with van der Waals surface area (Å²) in [5.74, 6) is -1.79. The summed E-state index contributed by atoms with van der Waals surface area (Å²) in [6.45, 7) is 3.82. The standard InChI is InChI=1S/C45H82NO9P/c1-3-5-7-9-11-13-15-17-18-19-20-21-22-23-24-25-27-29-31-33-35-37-44(47)55-42(40-53-56(50,51)54-41-43(46)45(48)49)39-52-38-36-34-32-30-28-26-16-14-12-10-8-6-4-2/h12,14-15,17,19-20,22-23,42-43H,3-11,13,16,18,21,24-41,46H2,1-2H3,(H,48,49)(H,50,51)/b14-12-,17-15-,20-19-,23-22-. The Morgan fingerprint density at radius 2 is 0.982 bits per heavy atom. The molecular formula is C45H82NO9P. The lowest BCUT2D eigenvalue weighted by molar-refractivity contribution is -0.154. The monoisotopic (exact) mass is 812 g/mol. The van der Waals surface area contributed by atoms with Gasteiger partial charge in [-0.25, -0.2) is 4.57 Å². The predicted octanol–water partition coefficient (Wildman–Crippen LogP) is 12.3. The highest BCUT2D eigenvalue weighted by atomic mass is 31.2. The second-order valence-electron chi connectivity index (χ2n) is 14.8. The number of unbranched alkanes of at least 4 members (excludes halogenated alkanes) is 20. The Morgan fingerprint density at radius 3 is 1.52 bits per heavy atom. The van der Waals surface area contributed by atoms with Gasteiger partial charge in [0.25, 0.3) is 0 Å². The molecule has 4 N–H and O–H groups in total. The zero-order valence-corrected chi connectivity index (χ0v) is 36.4. The molecule has 0 aromatic carbocycles. The third-order valence-electron chi connectivity index (χ3n) is 9.33. The van der Waals surface area contributed by atoms with Crippen LogP contribution in [-0.2, 0) is 32.7 Å². The molecule has 0 amide bonds. The predicted molar refractivity (Wildman–Crippen MR) is 231 cm³/mol. The number of phosphoric acid groups is 1. The minimum atomic E-state index is -4.62. The van der Waals surface area contributed by atoms with Crippen LogP contribution >= 0.6 is 7.82 Å². The zero-order valence-electron chi connectivity index (χ0n) is 35.5. The number of hydrogen-bond donors (Lipinski definition) is 3. The molecule has 0 radical (unpaired) electrons. The molecule has 0 rings (SSSR count). The lowest BCUT2D eigenvalue weighted by Crippen LogP contribution is -2.34. The Bertz CT molecular complexity index is 1080. The summed E-state index contributed by atoms with van der Waals surface area (Å²) in [6, 6.07) is -1.48. The maximum absolute atomic E-state index is 12.6. The molecule has 0 heterocycles. The largest absolute Gasteiger partial charge is 0.480 e. The van der Waals surface area contributed by atoms with Gasteiger partial charge in [0.15, 0.2) is 0 Å². The summed E-state index contributed by atoms with van der Waals surface area (Å²) in [6.07, 6.45) is 47.3. The third kappa shape index (κ3) is 40.1. The number of phosphoric ester groups is 1. The van der Waals surface area contributed by atoms with Crippen molar-refractivity contribution >= 4 is 19.8 Å². The topological polar surface area (TPSA) is 155 Å². The number of nitrogens with two attached hydrogens (primary N) is 1. The van der Waals surface area contributed by atoms with E-state index in [4.69, 9.17) is 29.4 Å². The maximum Gasteiger partial charge on any atom is 0.472 e. The summed E-state index contributed by atoms with van der Waals surface area (Å²) in [4.78, 5) is 33.5. The van der Waals surface area contributed by atoms with Gasteiger partial charge in [-0.2, -0.15) is 0 Å². The molecule has 0 aliphatic rings. The van der Waals surface area contributed by atoms with E-state index in [1.54, 1.807) is 0 Å². The first kappa shape index (κ1) is 53.9. The fraction of sp³-hybridized carbons (Fsp3) is 0.778. The summed E-state index contributed by atoms with van der Waals surface area (Å²) < 4.78 is 33.3. The number of aliphatic carboxylic acids is 1. The molecule has 0 aromatic rings. The fourth-order valence-electron chi connectivity index (χ4n) is 5.84. The van der Waals surface area contributed by atoms with E-state index in [1.807, 2.05) is 0 Å². The fourth-order valence-corrected chi connectivity index (χ4v) is 6.62. The average molecular weight is 812 g/mol. The first-order valence-corrected chi connectivity index (χ1v) is 23.7. The van der Waals surface area contributed by atoms with Crippen LogP contribution < -0.4 is 5.73 Å². The molecule has 0 saturated carbocycles. The zero-order chi connectivity index (χ0) is 41.2. The van der Waals surface area contributed by atoms with Gasteiger partial charge in [-0.1, -0.05) is 152 Å². The van der Waals surface area contributed by atoms with Gasteiger partial charge in [-0.05, 0) is 77.0 Å². The van der Waals surface area contributed by atoms with Gasteiger partial charge >= 0.3 is 19.8 Å². The van der Waals surface area contributed by atoms with Gasteiger partial charge in [0.1, 0.15) is 12.1 Å². The number of ether oxygens (including phenoxy) is 2. The highest BCUT2D eigenvalue weighted by molar-refractivity contribution is 7.47. The van der Waals surface area contributed by atoms with Crippen molar-refractivity contribution in [2.75, 3.05) is 26.4 Å². The molecule has 11 heteroatoms. The molecule has 3 atom stereocenters. The lowest BCUT2D eigenvalue weighted by atomic mass is 10.1. The van der Waals surface area contributed by atoms with Crippen molar-refractivity contribution in [3.63, 3.8) is 0 Å². The van der Waals surface area contributed by atoms with Crippen LogP contribution in [0.2, 0.25) is 0 Å². The molecule has 0 bridgehead atoms. The van der Waals surface area contributed by atoms with Crippen molar-refractivity contribution < 1.29 is 42.7 Å². The van der Waals surface area contributed by atoms with Crippen molar-refractivity contribution in [2.24, 2.45) is 5.73 Å². The quantitative estimate of drug-likeness (QED) is 0.0235. The second kappa shape index (κ2) is 41.1. The van der Waals surface area contributed by atoms with E-state index in [0.717, 1.165) is 77.0 Å². The van der Waals surface area contributed by atoms with E-state index in [1.165, 1.54) is 83.5 Å². The lowest BCUT2D eigenvalue weighted by Gasteiger charge is -2.20. The molecule has 0 saturated heterocycles. The Balaban J connectivity index is 4.25. The van der Waals surface area contributed by atoms with Crippen LogP contribution in [0.1, 0.15) is 187 Å². The number of carbonyl (C=O) groups is 2. The highest BCUT2D eigenvalue weighted by Crippen LogP contribution is 2.43. The molecule has 56 heavy (non-hydrogen) atoms. The van der Waals surface area contributed by atoms with E-state index in [2.05, 4.69) is 62.5 Å². The first-order chi connectivity index (χ1) is 27.2. The average Bonchev–Trinajstić information content (AvgIpc) is 3.18. The van der Waals surface area contributed by atoms with Gasteiger partial charge < -0.3 is 25.2 Å². The third-order valence-corrected chi connectivity index (χ3v) is 10.3. The van der Waals surface area contributed by atoms with Crippen LogP contribution in [0, 0.1) is 0 Å². The smallest absolute Gasteiger partial charge is 0.472 e. The van der Waals surface area contributed by atoms with Crippen molar-refractivity contribution in [3.8, 4) is 0 Å². The molecule has 0 aromatic heterocycles. The normalized spacial score (nSPS) is 14.4. The number of allylic oxidation sites excluding steroid dienone is 8. The van der Waals surface area contributed by atoms with Gasteiger partial charge in [0.2, 0.25) is 0 Å². The van der Waals surface area contributed by atoms with Gasteiger partial charge in [0, 0.05) is 13.0 Å². The molecule has 10 nitrogen and oxygen atoms in total. The molecular weight excluding hydrogens is 729 g/mol. The summed E-state index contributed by atoms with van der Waals surface area (Å²) in [5.41, 5.74) is 5.35. The Morgan fingerprint density at radius 1 is 0.571 bits per heavy atom. The first-order valence-electron chi connectivity index (χ1n) is 22.2.